The number of hydrogen-bond donors (Lipinski definition) is 2. The predicted octanol–water partition coefficient (Wildman–Crippen LogP) is 2.91. The zero-order valence-corrected chi connectivity index (χ0v) is 10.7. The van der Waals surface area contributed by atoms with Crippen LogP contribution in [0.3, 0.4) is 0 Å². The van der Waals surface area contributed by atoms with Gasteiger partial charge in [-0.2, -0.15) is 13.2 Å². The molecule has 0 fully saturated rings. The Kier molecular flexibility index (Phi) is 3.54. The zero-order chi connectivity index (χ0) is 15.8. The Morgan fingerprint density at radius 2 is 1.95 bits per heavy atom. The van der Waals surface area contributed by atoms with Crippen LogP contribution >= 0.6 is 0 Å². The van der Waals surface area contributed by atoms with Crippen LogP contribution in [0, 0.1) is 0 Å². The van der Waals surface area contributed by atoms with Crippen molar-refractivity contribution in [3.05, 3.63) is 35.5 Å². The van der Waals surface area contributed by atoms with Crippen LogP contribution in [0.15, 0.2) is 24.3 Å². The van der Waals surface area contributed by atoms with E-state index in [0.717, 1.165) is 12.1 Å². The van der Waals surface area contributed by atoms with Crippen LogP contribution in [0.2, 0.25) is 0 Å². The maximum atomic E-state index is 13.0. The summed E-state index contributed by atoms with van der Waals surface area (Å²) in [7, 11) is 0. The van der Waals surface area contributed by atoms with E-state index in [9.17, 15) is 22.8 Å². The van der Waals surface area contributed by atoms with Gasteiger partial charge in [-0.15, -0.1) is 0 Å². The number of amides is 1. The molecule has 2 aromatic rings. The predicted molar refractivity (Wildman–Crippen MR) is 68.0 cm³/mol. The average Bonchev–Trinajstić information content (AvgIpc) is 2.35. The van der Waals surface area contributed by atoms with Crippen LogP contribution in [0.25, 0.3) is 10.9 Å². The lowest BCUT2D eigenvalue weighted by Gasteiger charge is -2.13. The number of carboxylic acids is 1. The van der Waals surface area contributed by atoms with Gasteiger partial charge in [-0.3, -0.25) is 4.79 Å². The fraction of sp³-hybridized carbons (Fsp3) is 0.154. The van der Waals surface area contributed by atoms with Gasteiger partial charge in [0.1, 0.15) is 0 Å². The number of alkyl halides is 3. The summed E-state index contributed by atoms with van der Waals surface area (Å²) in [4.78, 5) is 25.6. The lowest BCUT2D eigenvalue weighted by atomic mass is 10.1. The first-order chi connectivity index (χ1) is 9.70. The summed E-state index contributed by atoms with van der Waals surface area (Å²) in [6.07, 6.45) is -4.68. The highest BCUT2D eigenvalue weighted by atomic mass is 19.4. The number of hydrogen-bond acceptors (Lipinski definition) is 3. The summed E-state index contributed by atoms with van der Waals surface area (Å²) in [5.41, 5.74) is -2.19. The van der Waals surface area contributed by atoms with Gasteiger partial charge in [-0.05, 0) is 12.1 Å². The van der Waals surface area contributed by atoms with Crippen molar-refractivity contribution < 1.29 is 27.9 Å². The van der Waals surface area contributed by atoms with Crippen LogP contribution < -0.4 is 5.32 Å². The second-order valence-corrected chi connectivity index (χ2v) is 4.24. The molecule has 110 valence electrons. The number of nitrogens with one attached hydrogen (secondary N) is 1. The fourth-order valence-corrected chi connectivity index (χ4v) is 1.88. The fourth-order valence-electron chi connectivity index (χ4n) is 1.88. The summed E-state index contributed by atoms with van der Waals surface area (Å²) in [6, 6.07) is 4.32. The van der Waals surface area contributed by atoms with Gasteiger partial charge in [-0.25, -0.2) is 9.78 Å². The molecule has 0 radical (unpaired) electrons. The van der Waals surface area contributed by atoms with E-state index >= 15 is 0 Å². The van der Waals surface area contributed by atoms with Crippen LogP contribution in [0.5, 0.6) is 0 Å². The molecule has 21 heavy (non-hydrogen) atoms. The number of anilines is 1. The molecule has 0 unspecified atom stereocenters. The Morgan fingerprint density at radius 1 is 1.29 bits per heavy atom. The number of benzene rings is 1. The van der Waals surface area contributed by atoms with Crippen molar-refractivity contribution in [2.24, 2.45) is 0 Å². The highest BCUT2D eigenvalue weighted by Crippen LogP contribution is 2.36. The summed E-state index contributed by atoms with van der Waals surface area (Å²) in [5.74, 6) is -2.02. The SMILES string of the molecule is CC(=O)Nc1cc(C(=O)O)nc2c(C(F)(F)F)cccc12. The van der Waals surface area contributed by atoms with Gasteiger partial charge in [0.15, 0.2) is 5.69 Å². The maximum Gasteiger partial charge on any atom is 0.418 e. The molecule has 0 aliphatic rings. The first-order valence-electron chi connectivity index (χ1n) is 5.72. The molecular formula is C13H9F3N2O3. The third-order valence-electron chi connectivity index (χ3n) is 2.67. The van der Waals surface area contributed by atoms with Crippen molar-refractivity contribution in [1.82, 2.24) is 4.98 Å². The molecule has 1 aromatic carbocycles. The molecule has 0 saturated heterocycles. The monoisotopic (exact) mass is 298 g/mol. The van der Waals surface area contributed by atoms with E-state index in [1.807, 2.05) is 0 Å². The number of fused-ring (bicyclic) bond motifs is 1. The Hall–Kier alpha value is -2.64. The van der Waals surface area contributed by atoms with Crippen molar-refractivity contribution in [2.45, 2.75) is 13.1 Å². The van der Waals surface area contributed by atoms with Crippen molar-refractivity contribution in [3.8, 4) is 0 Å². The van der Waals surface area contributed by atoms with Gasteiger partial charge >= 0.3 is 12.1 Å². The molecule has 1 heterocycles. The molecule has 2 rings (SSSR count). The normalized spacial score (nSPS) is 11.4. The van der Waals surface area contributed by atoms with Crippen molar-refractivity contribution in [2.75, 3.05) is 5.32 Å². The number of pyridine rings is 1. The highest BCUT2D eigenvalue weighted by Gasteiger charge is 2.33. The Morgan fingerprint density at radius 3 is 2.48 bits per heavy atom. The maximum absolute atomic E-state index is 13.0. The van der Waals surface area contributed by atoms with E-state index in [1.165, 1.54) is 19.1 Å². The topological polar surface area (TPSA) is 79.3 Å². The van der Waals surface area contributed by atoms with Gasteiger partial charge in [0.2, 0.25) is 5.91 Å². The number of aromatic nitrogens is 1. The number of carbonyl (C=O) groups is 2. The zero-order valence-electron chi connectivity index (χ0n) is 10.7. The molecule has 5 nitrogen and oxygen atoms in total. The van der Waals surface area contributed by atoms with E-state index in [1.54, 1.807) is 0 Å². The van der Waals surface area contributed by atoms with Crippen LogP contribution in [0.4, 0.5) is 18.9 Å². The number of rotatable bonds is 2. The largest absolute Gasteiger partial charge is 0.477 e. The van der Waals surface area contributed by atoms with E-state index in [-0.39, 0.29) is 11.1 Å². The van der Waals surface area contributed by atoms with E-state index in [0.29, 0.717) is 0 Å². The second-order valence-electron chi connectivity index (χ2n) is 4.24. The first-order valence-corrected chi connectivity index (χ1v) is 5.72. The second kappa shape index (κ2) is 5.04. The van der Waals surface area contributed by atoms with Crippen molar-refractivity contribution >= 4 is 28.5 Å². The molecule has 0 bridgehead atoms. The summed E-state index contributed by atoms with van der Waals surface area (Å²) in [5, 5.41) is 11.3. The lowest BCUT2D eigenvalue weighted by Crippen LogP contribution is -2.12. The number of aromatic carboxylic acids is 1. The molecule has 0 saturated carbocycles. The number of carboxylic acid groups (broad SMARTS) is 1. The molecule has 1 amide bonds. The number of para-hydroxylation sites is 1. The Labute approximate surface area is 116 Å². The molecule has 0 spiro atoms. The molecule has 2 N–H and O–H groups in total. The van der Waals surface area contributed by atoms with Crippen LogP contribution in [0.1, 0.15) is 23.0 Å². The van der Waals surface area contributed by atoms with E-state index < -0.39 is 34.8 Å². The number of halogens is 3. The van der Waals surface area contributed by atoms with E-state index in [4.69, 9.17) is 5.11 Å². The first kappa shape index (κ1) is 14.8. The summed E-state index contributed by atoms with van der Waals surface area (Å²) < 4.78 is 38.9. The molecule has 1 aromatic heterocycles. The van der Waals surface area contributed by atoms with Crippen LogP contribution in [-0.2, 0) is 11.0 Å². The minimum atomic E-state index is -4.68. The van der Waals surface area contributed by atoms with E-state index in [2.05, 4.69) is 10.3 Å². The molecule has 8 heteroatoms. The molecule has 0 aliphatic carbocycles. The number of carbonyl (C=O) groups excluding carboxylic acids is 1. The van der Waals surface area contributed by atoms with Gasteiger partial charge in [0.05, 0.1) is 16.8 Å². The smallest absolute Gasteiger partial charge is 0.418 e. The average molecular weight is 298 g/mol. The lowest BCUT2D eigenvalue weighted by molar-refractivity contribution is -0.136. The van der Waals surface area contributed by atoms with Crippen LogP contribution in [-0.4, -0.2) is 22.0 Å². The third kappa shape index (κ3) is 2.93. The van der Waals surface area contributed by atoms with Gasteiger partial charge < -0.3 is 10.4 Å². The molecule has 0 aliphatic heterocycles. The minimum Gasteiger partial charge on any atom is -0.477 e. The number of nitrogens with zero attached hydrogens (tertiary/aromatic N) is 1. The van der Waals surface area contributed by atoms with Gasteiger partial charge in [-0.1, -0.05) is 12.1 Å². The Balaban J connectivity index is 2.84. The Bertz CT molecular complexity index is 741. The van der Waals surface area contributed by atoms with Crippen molar-refractivity contribution in [3.63, 3.8) is 0 Å². The highest BCUT2D eigenvalue weighted by molar-refractivity contribution is 6.03. The summed E-state index contributed by atoms with van der Waals surface area (Å²) in [6.45, 7) is 1.17. The van der Waals surface area contributed by atoms with Gasteiger partial charge in [0, 0.05) is 12.3 Å². The standard InChI is InChI=1S/C13H9F3N2O3/c1-6(19)17-9-5-10(12(20)21)18-11-7(9)3-2-4-8(11)13(14,15)16/h2-5H,1H3,(H,20,21)(H,17,18,19). The quantitative estimate of drug-likeness (QED) is 0.893. The van der Waals surface area contributed by atoms with Gasteiger partial charge in [0.25, 0.3) is 0 Å². The summed E-state index contributed by atoms with van der Waals surface area (Å²) >= 11 is 0. The third-order valence-corrected chi connectivity index (χ3v) is 2.67. The molecule has 0 atom stereocenters. The van der Waals surface area contributed by atoms with Crippen molar-refractivity contribution in [1.29, 1.82) is 0 Å². The molecular weight excluding hydrogens is 289 g/mol. The minimum absolute atomic E-state index is 0.0185.